The third-order valence-electron chi connectivity index (χ3n) is 12.8. The monoisotopic (exact) mass is 806 g/mol. The molecule has 19 atom stereocenters. The van der Waals surface area contributed by atoms with E-state index in [-0.39, 0.29) is 31.1 Å². The van der Waals surface area contributed by atoms with E-state index in [0.717, 1.165) is 0 Å². The number of cyclic esters (lactones) is 1. The van der Waals surface area contributed by atoms with Crippen molar-refractivity contribution in [2.45, 2.75) is 198 Å². The number of amides is 1. The molecule has 3 saturated heterocycles. The van der Waals surface area contributed by atoms with Crippen LogP contribution in [0, 0.1) is 17.8 Å². The fourth-order valence-corrected chi connectivity index (χ4v) is 9.09. The third-order valence-corrected chi connectivity index (χ3v) is 12.8. The molecular weight excluding hydrogens is 730 g/mol. The van der Waals surface area contributed by atoms with Gasteiger partial charge in [-0.2, -0.15) is 0 Å². The van der Waals surface area contributed by atoms with Gasteiger partial charge in [-0.15, -0.1) is 0 Å². The van der Waals surface area contributed by atoms with Crippen molar-refractivity contribution in [3.05, 3.63) is 0 Å². The minimum absolute atomic E-state index is 0.0885. The van der Waals surface area contributed by atoms with Crippen molar-refractivity contribution in [1.29, 1.82) is 0 Å². The van der Waals surface area contributed by atoms with E-state index in [1.54, 1.807) is 69.4 Å². The fraction of sp³-hybridized carbons (Fsp3) is 0.950. The number of nitrogens with zero attached hydrogens (tertiary/aromatic N) is 2. The van der Waals surface area contributed by atoms with Gasteiger partial charge in [0.2, 0.25) is 5.91 Å². The number of nitrogens with two attached hydrogens (primary N) is 1. The maximum atomic E-state index is 14.3. The summed E-state index contributed by atoms with van der Waals surface area (Å²) in [4.78, 5) is 30.5. The lowest BCUT2D eigenvalue weighted by atomic mass is 9.77. The molecule has 0 bridgehead atoms. The van der Waals surface area contributed by atoms with Crippen LogP contribution in [-0.2, 0) is 38.0 Å². The van der Waals surface area contributed by atoms with Crippen molar-refractivity contribution in [3.63, 3.8) is 0 Å². The first kappa shape index (κ1) is 48.8. The zero-order valence-corrected chi connectivity index (χ0v) is 36.2. The van der Waals surface area contributed by atoms with Crippen molar-refractivity contribution in [2.75, 3.05) is 27.7 Å². The number of aliphatic hydroxyl groups is 5. The van der Waals surface area contributed by atoms with E-state index in [2.05, 4.69) is 0 Å². The SMILES string of the molecule is CC[C@H]1OC(=O)[C@H](C)[C@@H](O[C@H]2C[C@@](C)(OC)[C@@H](O)[C@H](C)O2)[C@H](C)[C@@H](O[C@@H]2O[C@H](C)C[C@H](N(C)C(=O)C(C)N)[C@H]2O)[C@](C)(O)C[C@@H](C)CN(C)[C@H](C)[C@@H](O)[C@]1(C)O. The summed E-state index contributed by atoms with van der Waals surface area (Å²) in [5.41, 5.74) is 1.36. The molecule has 0 saturated carbocycles. The summed E-state index contributed by atoms with van der Waals surface area (Å²) in [6.07, 6.45) is -9.76. The van der Waals surface area contributed by atoms with Crippen molar-refractivity contribution in [3.8, 4) is 0 Å². The third kappa shape index (κ3) is 10.8. The number of likely N-dealkylation sites (N-methyl/N-ethyl adjacent to an activating group) is 2. The fourth-order valence-electron chi connectivity index (χ4n) is 9.09. The van der Waals surface area contributed by atoms with Gasteiger partial charge in [0, 0.05) is 39.1 Å². The lowest BCUT2D eigenvalue weighted by Gasteiger charge is -2.49. The highest BCUT2D eigenvalue weighted by Gasteiger charge is 2.53. The Balaban J connectivity index is 2.19. The smallest absolute Gasteiger partial charge is 0.311 e. The molecule has 328 valence electrons. The number of rotatable bonds is 8. The molecule has 1 unspecified atom stereocenters. The second-order valence-corrected chi connectivity index (χ2v) is 17.9. The Labute approximate surface area is 334 Å². The van der Waals surface area contributed by atoms with E-state index in [4.69, 9.17) is 34.2 Å². The van der Waals surface area contributed by atoms with Gasteiger partial charge in [0.1, 0.15) is 30.0 Å². The molecular formula is C40H75N3O13. The highest BCUT2D eigenvalue weighted by Crippen LogP contribution is 2.40. The Morgan fingerprint density at radius 3 is 2.18 bits per heavy atom. The highest BCUT2D eigenvalue weighted by atomic mass is 16.7. The minimum atomic E-state index is -1.84. The van der Waals surface area contributed by atoms with Gasteiger partial charge in [-0.05, 0) is 87.6 Å². The second-order valence-electron chi connectivity index (χ2n) is 17.9. The number of carbonyl (C=O) groups is 2. The number of aliphatic hydroxyl groups excluding tert-OH is 3. The summed E-state index contributed by atoms with van der Waals surface area (Å²) in [5, 5.41) is 58.6. The number of esters is 1. The molecule has 0 aromatic rings. The number of methoxy groups -OCH3 is 1. The molecule has 0 aliphatic carbocycles. The van der Waals surface area contributed by atoms with Crippen molar-refractivity contribution < 1.29 is 63.5 Å². The Kier molecular flexibility index (Phi) is 16.8. The van der Waals surface area contributed by atoms with Crippen LogP contribution in [0.3, 0.4) is 0 Å². The first-order valence-electron chi connectivity index (χ1n) is 20.3. The molecule has 3 aliphatic heterocycles. The number of hydrogen-bond acceptors (Lipinski definition) is 15. The van der Waals surface area contributed by atoms with E-state index < -0.39 is 114 Å². The van der Waals surface area contributed by atoms with Gasteiger partial charge in [0.15, 0.2) is 12.6 Å². The van der Waals surface area contributed by atoms with Crippen LogP contribution in [0.15, 0.2) is 0 Å². The topological polar surface area (TPSA) is 223 Å². The molecule has 1 amide bonds. The van der Waals surface area contributed by atoms with E-state index in [1.807, 2.05) is 18.9 Å². The van der Waals surface area contributed by atoms with E-state index >= 15 is 0 Å². The molecule has 0 aromatic heterocycles. The zero-order chi connectivity index (χ0) is 42.8. The number of carbonyl (C=O) groups excluding carboxylic acids is 2. The lowest BCUT2D eigenvalue weighted by molar-refractivity contribution is -0.317. The molecule has 3 rings (SSSR count). The lowest BCUT2D eigenvalue weighted by Crippen LogP contribution is -2.61. The van der Waals surface area contributed by atoms with Gasteiger partial charge < -0.3 is 69.5 Å². The first-order valence-corrected chi connectivity index (χ1v) is 20.3. The van der Waals surface area contributed by atoms with Crippen LogP contribution in [0.2, 0.25) is 0 Å². The van der Waals surface area contributed by atoms with Crippen LogP contribution in [0.1, 0.15) is 102 Å². The molecule has 0 radical (unpaired) electrons. The standard InChI is InChI=1S/C40H75N3O13/c1-15-28-40(11,50)32(45)25(7)42(12)19-20(2)17-38(9,49)34(56-37-30(44)27(16-21(3)52-37)43(13)35(47)24(6)41)22(4)31(23(5)36(48)54-28)55-29-18-39(10,51-14)33(46)26(8)53-29/h20-34,37,44-46,49-50H,15-19,41H2,1-14H3/t20-,21-,22+,23-,24?,25-,26+,27+,28-,29+,30-,31+,32-,33+,34-,37+,38-,39-,40-/m1/s1. The van der Waals surface area contributed by atoms with Crippen molar-refractivity contribution in [2.24, 2.45) is 23.5 Å². The average molecular weight is 806 g/mol. The van der Waals surface area contributed by atoms with Crippen LogP contribution < -0.4 is 5.73 Å². The highest BCUT2D eigenvalue weighted by molar-refractivity contribution is 5.81. The van der Waals surface area contributed by atoms with Crippen molar-refractivity contribution in [1.82, 2.24) is 9.80 Å². The normalized spacial score (nSPS) is 47.3. The van der Waals surface area contributed by atoms with Crippen LogP contribution >= 0.6 is 0 Å². The Morgan fingerprint density at radius 2 is 1.62 bits per heavy atom. The largest absolute Gasteiger partial charge is 0.459 e. The summed E-state index contributed by atoms with van der Waals surface area (Å²) in [5.74, 6) is -3.23. The quantitative estimate of drug-likeness (QED) is 0.189. The van der Waals surface area contributed by atoms with Gasteiger partial charge in [-0.1, -0.05) is 20.8 Å². The molecule has 0 aromatic carbocycles. The summed E-state index contributed by atoms with van der Waals surface area (Å²) in [6.45, 7) is 19.1. The minimum Gasteiger partial charge on any atom is -0.459 e. The van der Waals surface area contributed by atoms with Gasteiger partial charge in [-0.3, -0.25) is 9.59 Å². The molecule has 16 heteroatoms. The predicted molar refractivity (Wildman–Crippen MR) is 207 cm³/mol. The molecule has 16 nitrogen and oxygen atoms in total. The number of ether oxygens (including phenoxy) is 6. The molecule has 3 fully saturated rings. The van der Waals surface area contributed by atoms with Gasteiger partial charge in [0.25, 0.3) is 0 Å². The molecule has 3 heterocycles. The van der Waals surface area contributed by atoms with Crippen LogP contribution in [0.5, 0.6) is 0 Å². The summed E-state index contributed by atoms with van der Waals surface area (Å²) >= 11 is 0. The summed E-state index contributed by atoms with van der Waals surface area (Å²) in [6, 6.07) is -2.11. The predicted octanol–water partition coefficient (Wildman–Crippen LogP) is 1.14. The zero-order valence-electron chi connectivity index (χ0n) is 36.2. The average Bonchev–Trinajstić information content (AvgIpc) is 3.12. The molecule has 0 spiro atoms. The molecule has 56 heavy (non-hydrogen) atoms. The Bertz CT molecular complexity index is 1290. The second kappa shape index (κ2) is 19.2. The van der Waals surface area contributed by atoms with E-state index in [1.165, 1.54) is 18.9 Å². The van der Waals surface area contributed by atoms with Crippen LogP contribution in [-0.4, -0.2) is 171 Å². The Hall–Kier alpha value is -1.54. The first-order chi connectivity index (χ1) is 25.7. The van der Waals surface area contributed by atoms with Crippen LogP contribution in [0.4, 0.5) is 0 Å². The van der Waals surface area contributed by atoms with Gasteiger partial charge in [0.05, 0.1) is 53.6 Å². The van der Waals surface area contributed by atoms with E-state index in [9.17, 15) is 35.1 Å². The van der Waals surface area contributed by atoms with Crippen LogP contribution in [0.25, 0.3) is 0 Å². The maximum Gasteiger partial charge on any atom is 0.311 e. The number of hydrogen-bond donors (Lipinski definition) is 6. The summed E-state index contributed by atoms with van der Waals surface area (Å²) < 4.78 is 37.5. The Morgan fingerprint density at radius 1 is 1.02 bits per heavy atom. The van der Waals surface area contributed by atoms with Gasteiger partial charge in [-0.25, -0.2) is 0 Å². The maximum absolute atomic E-state index is 14.3. The molecule has 7 N–H and O–H groups in total. The van der Waals surface area contributed by atoms with Crippen molar-refractivity contribution >= 4 is 11.9 Å². The van der Waals surface area contributed by atoms with E-state index in [0.29, 0.717) is 13.0 Å². The molecule has 3 aliphatic rings. The summed E-state index contributed by atoms with van der Waals surface area (Å²) in [7, 11) is 4.87. The van der Waals surface area contributed by atoms with Gasteiger partial charge >= 0.3 is 5.97 Å².